The van der Waals surface area contributed by atoms with Gasteiger partial charge in [0.15, 0.2) is 0 Å². The third-order valence-corrected chi connectivity index (χ3v) is 3.60. The second-order valence-corrected chi connectivity index (χ2v) is 5.28. The second kappa shape index (κ2) is 7.07. The van der Waals surface area contributed by atoms with Crippen molar-refractivity contribution < 1.29 is 9.53 Å². The van der Waals surface area contributed by atoms with Crippen molar-refractivity contribution in [3.05, 3.63) is 60.4 Å². The molecule has 0 unspecified atom stereocenters. The number of pyridine rings is 1. The number of rotatable bonds is 6. The van der Waals surface area contributed by atoms with Crippen molar-refractivity contribution >= 4 is 11.6 Å². The predicted molar refractivity (Wildman–Crippen MR) is 89.5 cm³/mol. The van der Waals surface area contributed by atoms with Gasteiger partial charge in [0.05, 0.1) is 5.69 Å². The van der Waals surface area contributed by atoms with Crippen molar-refractivity contribution in [2.45, 2.75) is 6.42 Å². The zero-order valence-corrected chi connectivity index (χ0v) is 13.0. The molecule has 0 spiro atoms. The molecule has 0 aliphatic rings. The van der Waals surface area contributed by atoms with Gasteiger partial charge in [-0.05, 0) is 18.6 Å². The number of methoxy groups -OCH3 is 1. The lowest BCUT2D eigenvalue weighted by Gasteiger charge is -2.05. The van der Waals surface area contributed by atoms with Crippen LogP contribution in [0.1, 0.15) is 16.8 Å². The maximum absolute atomic E-state index is 12.1. The molecular weight excluding hydrogens is 290 g/mol. The maximum atomic E-state index is 12.1. The minimum atomic E-state index is -0.0899. The van der Waals surface area contributed by atoms with E-state index in [1.165, 1.54) is 0 Å². The predicted octanol–water partition coefficient (Wildman–Crippen LogP) is 2.77. The number of aromatic nitrogens is 2. The molecule has 0 saturated heterocycles. The Labute approximate surface area is 134 Å². The van der Waals surface area contributed by atoms with Crippen LogP contribution in [0.25, 0.3) is 16.9 Å². The molecule has 0 aliphatic heterocycles. The van der Waals surface area contributed by atoms with Gasteiger partial charge in [-0.3, -0.25) is 4.79 Å². The number of carbonyl (C=O) groups excluding carboxylic acids is 1. The molecule has 3 rings (SSSR count). The van der Waals surface area contributed by atoms with Gasteiger partial charge in [0, 0.05) is 43.8 Å². The lowest BCUT2D eigenvalue weighted by molar-refractivity contribution is 0.0948. The van der Waals surface area contributed by atoms with Crippen LogP contribution in [-0.4, -0.2) is 35.6 Å². The van der Waals surface area contributed by atoms with Crippen LogP contribution in [-0.2, 0) is 4.74 Å². The Balaban J connectivity index is 1.78. The molecule has 1 N–H and O–H groups in total. The highest BCUT2D eigenvalue weighted by Gasteiger charge is 2.09. The van der Waals surface area contributed by atoms with Crippen molar-refractivity contribution in [3.8, 4) is 11.3 Å². The third kappa shape index (κ3) is 3.57. The number of amides is 1. The molecule has 1 amide bonds. The van der Waals surface area contributed by atoms with Gasteiger partial charge in [-0.25, -0.2) is 4.98 Å². The summed E-state index contributed by atoms with van der Waals surface area (Å²) >= 11 is 0. The first-order chi connectivity index (χ1) is 11.3. The first-order valence-corrected chi connectivity index (χ1v) is 7.59. The van der Waals surface area contributed by atoms with E-state index in [9.17, 15) is 4.79 Å². The number of ether oxygens (including phenoxy) is 1. The Morgan fingerprint density at radius 3 is 2.87 bits per heavy atom. The number of hydrogen-bond donors (Lipinski definition) is 1. The fraction of sp³-hybridized carbons (Fsp3) is 0.222. The summed E-state index contributed by atoms with van der Waals surface area (Å²) in [6, 6.07) is 13.6. The quantitative estimate of drug-likeness (QED) is 0.712. The smallest absolute Gasteiger partial charge is 0.251 e. The van der Waals surface area contributed by atoms with Crippen LogP contribution in [0, 0.1) is 0 Å². The average Bonchev–Trinajstić information content (AvgIpc) is 3.02. The Kier molecular flexibility index (Phi) is 4.68. The van der Waals surface area contributed by atoms with E-state index in [1.54, 1.807) is 19.2 Å². The third-order valence-electron chi connectivity index (χ3n) is 3.60. The number of hydrogen-bond acceptors (Lipinski definition) is 3. The van der Waals surface area contributed by atoms with E-state index in [-0.39, 0.29) is 5.91 Å². The number of imidazole rings is 1. The molecule has 0 saturated carbocycles. The van der Waals surface area contributed by atoms with Crippen molar-refractivity contribution in [2.75, 3.05) is 20.3 Å². The van der Waals surface area contributed by atoms with E-state index in [0.29, 0.717) is 18.7 Å². The minimum Gasteiger partial charge on any atom is -0.385 e. The maximum Gasteiger partial charge on any atom is 0.251 e. The SMILES string of the molecule is COCCCNC(=O)c1ccn2cc(-c3ccccc3)nc2c1. The van der Waals surface area contributed by atoms with E-state index in [2.05, 4.69) is 10.3 Å². The molecule has 0 fully saturated rings. The number of nitrogens with one attached hydrogen (secondary N) is 1. The topological polar surface area (TPSA) is 55.6 Å². The monoisotopic (exact) mass is 309 g/mol. The zero-order valence-electron chi connectivity index (χ0n) is 13.0. The molecule has 0 aliphatic carbocycles. The Bertz CT molecular complexity index is 796. The van der Waals surface area contributed by atoms with Crippen LogP contribution in [0.3, 0.4) is 0 Å². The molecule has 0 atom stereocenters. The summed E-state index contributed by atoms with van der Waals surface area (Å²) in [5, 5.41) is 2.88. The molecule has 0 radical (unpaired) electrons. The van der Waals surface area contributed by atoms with E-state index in [0.717, 1.165) is 23.3 Å². The molecule has 1 aromatic carbocycles. The summed E-state index contributed by atoms with van der Waals surface area (Å²) in [5.74, 6) is -0.0899. The molecule has 5 heteroatoms. The van der Waals surface area contributed by atoms with Crippen molar-refractivity contribution in [2.24, 2.45) is 0 Å². The van der Waals surface area contributed by atoms with E-state index >= 15 is 0 Å². The molecule has 3 aromatic rings. The van der Waals surface area contributed by atoms with Crippen LogP contribution < -0.4 is 5.32 Å². The van der Waals surface area contributed by atoms with E-state index < -0.39 is 0 Å². The second-order valence-electron chi connectivity index (χ2n) is 5.28. The largest absolute Gasteiger partial charge is 0.385 e. The molecular formula is C18H19N3O2. The lowest BCUT2D eigenvalue weighted by Crippen LogP contribution is -2.25. The molecule has 2 aromatic heterocycles. The normalized spacial score (nSPS) is 10.8. The average molecular weight is 309 g/mol. The van der Waals surface area contributed by atoms with Crippen molar-refractivity contribution in [1.29, 1.82) is 0 Å². The Hall–Kier alpha value is -2.66. The highest BCUT2D eigenvalue weighted by molar-refractivity contribution is 5.95. The standard InChI is InChI=1S/C18H19N3O2/c1-23-11-5-9-19-18(22)15-8-10-21-13-16(20-17(21)12-15)14-6-3-2-4-7-14/h2-4,6-8,10,12-13H,5,9,11H2,1H3,(H,19,22). The van der Waals surface area contributed by atoms with Crippen LogP contribution in [0.2, 0.25) is 0 Å². The molecule has 118 valence electrons. The van der Waals surface area contributed by atoms with Gasteiger partial charge in [0.25, 0.3) is 5.91 Å². The van der Waals surface area contributed by atoms with Gasteiger partial charge in [-0.1, -0.05) is 30.3 Å². The molecule has 5 nitrogen and oxygen atoms in total. The number of carbonyl (C=O) groups is 1. The van der Waals surface area contributed by atoms with Crippen molar-refractivity contribution in [3.63, 3.8) is 0 Å². The van der Waals surface area contributed by atoms with Crippen molar-refractivity contribution in [1.82, 2.24) is 14.7 Å². The highest BCUT2D eigenvalue weighted by atomic mass is 16.5. The fourth-order valence-electron chi connectivity index (χ4n) is 2.39. The van der Waals surface area contributed by atoms with Crippen LogP contribution in [0.15, 0.2) is 54.9 Å². The number of benzene rings is 1. The Morgan fingerprint density at radius 2 is 2.09 bits per heavy atom. The first kappa shape index (κ1) is 15.2. The van der Waals surface area contributed by atoms with Gasteiger partial charge in [0.2, 0.25) is 0 Å². The summed E-state index contributed by atoms with van der Waals surface area (Å²) in [7, 11) is 1.65. The highest BCUT2D eigenvalue weighted by Crippen LogP contribution is 2.19. The summed E-state index contributed by atoms with van der Waals surface area (Å²) in [6.45, 7) is 1.24. The summed E-state index contributed by atoms with van der Waals surface area (Å²) in [6.07, 6.45) is 4.62. The van der Waals surface area contributed by atoms with Crippen LogP contribution in [0.4, 0.5) is 0 Å². The van der Waals surface area contributed by atoms with Gasteiger partial charge in [0.1, 0.15) is 5.65 Å². The summed E-state index contributed by atoms with van der Waals surface area (Å²) in [4.78, 5) is 16.7. The fourth-order valence-corrected chi connectivity index (χ4v) is 2.39. The molecule has 0 bridgehead atoms. The Morgan fingerprint density at radius 1 is 1.26 bits per heavy atom. The minimum absolute atomic E-state index is 0.0899. The van der Waals surface area contributed by atoms with Gasteiger partial charge >= 0.3 is 0 Å². The van der Waals surface area contributed by atoms with Gasteiger partial charge in [-0.2, -0.15) is 0 Å². The number of fused-ring (bicyclic) bond motifs is 1. The van der Waals surface area contributed by atoms with Gasteiger partial charge in [-0.15, -0.1) is 0 Å². The van der Waals surface area contributed by atoms with Crippen LogP contribution in [0.5, 0.6) is 0 Å². The zero-order chi connectivity index (χ0) is 16.1. The first-order valence-electron chi connectivity index (χ1n) is 7.59. The number of nitrogens with zero attached hydrogens (tertiary/aromatic N) is 2. The summed E-state index contributed by atoms with van der Waals surface area (Å²) in [5.41, 5.74) is 3.32. The summed E-state index contributed by atoms with van der Waals surface area (Å²) < 4.78 is 6.89. The molecule has 23 heavy (non-hydrogen) atoms. The molecule has 2 heterocycles. The van der Waals surface area contributed by atoms with E-state index in [1.807, 2.05) is 47.1 Å². The lowest BCUT2D eigenvalue weighted by atomic mass is 10.2. The van der Waals surface area contributed by atoms with Crippen LogP contribution >= 0.6 is 0 Å². The van der Waals surface area contributed by atoms with E-state index in [4.69, 9.17) is 4.74 Å². The van der Waals surface area contributed by atoms with Gasteiger partial charge < -0.3 is 14.5 Å².